The minimum Gasteiger partial charge on any atom is -0.486 e. The number of para-hydroxylation sites is 1. The molecule has 0 saturated carbocycles. The van der Waals surface area contributed by atoms with Gasteiger partial charge in [-0.2, -0.15) is 0 Å². The SMILES string of the molecule is NCc1ccc2cc(COc3ccccc3Cl)[nH]c2c1. The molecule has 0 saturated heterocycles. The minimum atomic E-state index is 0.455. The van der Waals surface area contributed by atoms with E-state index in [0.717, 1.165) is 22.2 Å². The van der Waals surface area contributed by atoms with Crippen molar-refractivity contribution in [1.82, 2.24) is 4.98 Å². The standard InChI is InChI=1S/C16H15ClN2O/c17-14-3-1-2-4-16(14)20-10-13-8-12-6-5-11(9-18)7-15(12)19-13/h1-8,19H,9-10,18H2. The smallest absolute Gasteiger partial charge is 0.138 e. The van der Waals surface area contributed by atoms with E-state index in [1.165, 1.54) is 0 Å². The fourth-order valence-electron chi connectivity index (χ4n) is 2.16. The molecule has 0 bridgehead atoms. The summed E-state index contributed by atoms with van der Waals surface area (Å²) >= 11 is 6.06. The van der Waals surface area contributed by atoms with Crippen molar-refractivity contribution in [2.24, 2.45) is 5.73 Å². The molecular formula is C16H15ClN2O. The van der Waals surface area contributed by atoms with Crippen LogP contribution in [0.4, 0.5) is 0 Å². The van der Waals surface area contributed by atoms with Gasteiger partial charge in [0.15, 0.2) is 0 Å². The Kier molecular flexibility index (Phi) is 3.63. The number of halogens is 1. The van der Waals surface area contributed by atoms with Crippen LogP contribution < -0.4 is 10.5 Å². The first-order valence-electron chi connectivity index (χ1n) is 6.44. The first-order valence-corrected chi connectivity index (χ1v) is 6.82. The van der Waals surface area contributed by atoms with Crippen molar-refractivity contribution in [3.8, 4) is 5.75 Å². The number of H-pyrrole nitrogens is 1. The molecular weight excluding hydrogens is 272 g/mol. The molecule has 0 amide bonds. The van der Waals surface area contributed by atoms with Crippen LogP contribution in [0.25, 0.3) is 10.9 Å². The molecule has 4 heteroatoms. The Bertz CT molecular complexity index is 736. The average Bonchev–Trinajstić information content (AvgIpc) is 2.88. The highest BCUT2D eigenvalue weighted by molar-refractivity contribution is 6.32. The maximum Gasteiger partial charge on any atom is 0.138 e. The van der Waals surface area contributed by atoms with E-state index in [9.17, 15) is 0 Å². The molecule has 0 aliphatic heterocycles. The summed E-state index contributed by atoms with van der Waals surface area (Å²) in [5.74, 6) is 0.690. The summed E-state index contributed by atoms with van der Waals surface area (Å²) < 4.78 is 5.72. The van der Waals surface area contributed by atoms with Gasteiger partial charge in [0, 0.05) is 12.1 Å². The van der Waals surface area contributed by atoms with Crippen LogP contribution in [0, 0.1) is 0 Å². The summed E-state index contributed by atoms with van der Waals surface area (Å²) in [6.07, 6.45) is 0. The number of nitrogens with one attached hydrogen (secondary N) is 1. The van der Waals surface area contributed by atoms with Crippen LogP contribution in [0.3, 0.4) is 0 Å². The third kappa shape index (κ3) is 2.64. The third-order valence-corrected chi connectivity index (χ3v) is 3.51. The molecule has 2 aromatic carbocycles. The Balaban J connectivity index is 1.79. The van der Waals surface area contributed by atoms with Crippen molar-refractivity contribution in [1.29, 1.82) is 0 Å². The molecule has 0 radical (unpaired) electrons. The molecule has 0 aliphatic rings. The molecule has 3 rings (SSSR count). The van der Waals surface area contributed by atoms with Crippen LogP contribution in [-0.2, 0) is 13.2 Å². The van der Waals surface area contributed by atoms with E-state index in [-0.39, 0.29) is 0 Å². The highest BCUT2D eigenvalue weighted by Crippen LogP contribution is 2.24. The lowest BCUT2D eigenvalue weighted by Gasteiger charge is -2.05. The third-order valence-electron chi connectivity index (χ3n) is 3.20. The molecule has 0 spiro atoms. The predicted molar refractivity (Wildman–Crippen MR) is 82.0 cm³/mol. The molecule has 3 nitrogen and oxygen atoms in total. The zero-order valence-electron chi connectivity index (χ0n) is 10.9. The van der Waals surface area contributed by atoms with E-state index in [2.05, 4.69) is 23.2 Å². The maximum atomic E-state index is 6.06. The molecule has 3 aromatic rings. The summed E-state index contributed by atoms with van der Waals surface area (Å²) in [7, 11) is 0. The Morgan fingerprint density at radius 2 is 1.95 bits per heavy atom. The van der Waals surface area contributed by atoms with E-state index in [1.807, 2.05) is 30.3 Å². The van der Waals surface area contributed by atoms with Gasteiger partial charge in [0.25, 0.3) is 0 Å². The van der Waals surface area contributed by atoms with Crippen molar-refractivity contribution in [3.63, 3.8) is 0 Å². The van der Waals surface area contributed by atoms with Crippen molar-refractivity contribution in [3.05, 3.63) is 64.8 Å². The van der Waals surface area contributed by atoms with Crippen molar-refractivity contribution < 1.29 is 4.74 Å². The Hall–Kier alpha value is -1.97. The predicted octanol–water partition coefficient (Wildman–Crippen LogP) is 3.86. The van der Waals surface area contributed by atoms with Gasteiger partial charge in [-0.25, -0.2) is 0 Å². The van der Waals surface area contributed by atoms with E-state index in [4.69, 9.17) is 22.1 Å². The number of hydrogen-bond acceptors (Lipinski definition) is 2. The van der Waals surface area contributed by atoms with E-state index in [0.29, 0.717) is 23.9 Å². The number of benzene rings is 2. The lowest BCUT2D eigenvalue weighted by Crippen LogP contribution is -1.96. The number of fused-ring (bicyclic) bond motifs is 1. The zero-order chi connectivity index (χ0) is 13.9. The van der Waals surface area contributed by atoms with Gasteiger partial charge in [-0.1, -0.05) is 35.9 Å². The Morgan fingerprint density at radius 1 is 1.10 bits per heavy atom. The van der Waals surface area contributed by atoms with Gasteiger partial charge in [0.1, 0.15) is 12.4 Å². The molecule has 20 heavy (non-hydrogen) atoms. The van der Waals surface area contributed by atoms with E-state index >= 15 is 0 Å². The normalized spacial score (nSPS) is 10.9. The van der Waals surface area contributed by atoms with Crippen molar-refractivity contribution in [2.75, 3.05) is 0 Å². The zero-order valence-corrected chi connectivity index (χ0v) is 11.7. The van der Waals surface area contributed by atoms with Gasteiger partial charge >= 0.3 is 0 Å². The van der Waals surface area contributed by atoms with Crippen LogP contribution in [-0.4, -0.2) is 4.98 Å². The lowest BCUT2D eigenvalue weighted by atomic mass is 10.2. The monoisotopic (exact) mass is 286 g/mol. The fourth-order valence-corrected chi connectivity index (χ4v) is 2.35. The molecule has 0 unspecified atom stereocenters. The van der Waals surface area contributed by atoms with Crippen molar-refractivity contribution >= 4 is 22.5 Å². The summed E-state index contributed by atoms with van der Waals surface area (Å²) in [6, 6.07) is 15.7. The van der Waals surface area contributed by atoms with Gasteiger partial charge in [-0.15, -0.1) is 0 Å². The van der Waals surface area contributed by atoms with Gasteiger partial charge in [0.05, 0.1) is 10.7 Å². The van der Waals surface area contributed by atoms with Crippen LogP contribution in [0.1, 0.15) is 11.3 Å². The molecule has 1 heterocycles. The molecule has 3 N–H and O–H groups in total. The van der Waals surface area contributed by atoms with Gasteiger partial charge in [0.2, 0.25) is 0 Å². The number of nitrogens with two attached hydrogens (primary N) is 1. The molecule has 1 aromatic heterocycles. The Morgan fingerprint density at radius 3 is 2.75 bits per heavy atom. The van der Waals surface area contributed by atoms with Gasteiger partial charge in [-0.3, -0.25) is 0 Å². The first-order chi connectivity index (χ1) is 9.76. The summed E-state index contributed by atoms with van der Waals surface area (Å²) in [6.45, 7) is 0.997. The van der Waals surface area contributed by atoms with Gasteiger partial charge in [-0.05, 0) is 35.2 Å². The van der Waals surface area contributed by atoms with Crippen LogP contribution in [0.15, 0.2) is 48.5 Å². The van der Waals surface area contributed by atoms with E-state index in [1.54, 1.807) is 0 Å². The number of aromatic nitrogens is 1. The lowest BCUT2D eigenvalue weighted by molar-refractivity contribution is 0.302. The largest absolute Gasteiger partial charge is 0.486 e. The fraction of sp³-hybridized carbons (Fsp3) is 0.125. The minimum absolute atomic E-state index is 0.455. The summed E-state index contributed by atoms with van der Waals surface area (Å²) in [5.41, 5.74) is 8.84. The second-order valence-corrected chi connectivity index (χ2v) is 5.05. The van der Waals surface area contributed by atoms with Gasteiger partial charge < -0.3 is 15.5 Å². The highest BCUT2D eigenvalue weighted by Gasteiger charge is 2.04. The highest BCUT2D eigenvalue weighted by atomic mass is 35.5. The number of rotatable bonds is 4. The number of aromatic amines is 1. The second-order valence-electron chi connectivity index (χ2n) is 4.64. The summed E-state index contributed by atoms with van der Waals surface area (Å²) in [5, 5.41) is 1.77. The van der Waals surface area contributed by atoms with Crippen molar-refractivity contribution in [2.45, 2.75) is 13.2 Å². The number of hydrogen-bond donors (Lipinski definition) is 2. The van der Waals surface area contributed by atoms with E-state index < -0.39 is 0 Å². The molecule has 0 atom stereocenters. The van der Waals surface area contributed by atoms with Crippen LogP contribution in [0.5, 0.6) is 5.75 Å². The molecule has 0 aliphatic carbocycles. The molecule has 0 fully saturated rings. The second kappa shape index (κ2) is 5.57. The first kappa shape index (κ1) is 13.0. The molecule has 102 valence electrons. The number of ether oxygens (including phenoxy) is 1. The van der Waals surface area contributed by atoms with Crippen LogP contribution >= 0.6 is 11.6 Å². The summed E-state index contributed by atoms with van der Waals surface area (Å²) in [4.78, 5) is 3.34. The van der Waals surface area contributed by atoms with Crippen LogP contribution in [0.2, 0.25) is 5.02 Å². The quantitative estimate of drug-likeness (QED) is 0.765. The topological polar surface area (TPSA) is 51.0 Å². The Labute approximate surface area is 122 Å². The maximum absolute atomic E-state index is 6.06. The average molecular weight is 287 g/mol.